The minimum absolute atomic E-state index is 0.0719. The molecule has 8 heteroatoms. The highest BCUT2D eigenvalue weighted by Crippen LogP contribution is 2.34. The Labute approximate surface area is 202 Å². The van der Waals surface area contributed by atoms with Crippen LogP contribution >= 0.6 is 23.1 Å². The van der Waals surface area contributed by atoms with Crippen LogP contribution in [0.2, 0.25) is 0 Å². The quantitative estimate of drug-likeness (QED) is 0.164. The highest BCUT2D eigenvalue weighted by atomic mass is 32.2. The molecule has 0 spiro atoms. The SMILES string of the molecule is COc1ccc(Cn2c(SCC(=O)c3ccccc3)nc3c(sc4cccc(F)c43)c2=O)cc1. The third kappa shape index (κ3) is 4.22. The lowest BCUT2D eigenvalue weighted by Gasteiger charge is -2.12. The maximum Gasteiger partial charge on any atom is 0.272 e. The van der Waals surface area contributed by atoms with Crippen LogP contribution in [-0.2, 0) is 6.54 Å². The van der Waals surface area contributed by atoms with E-state index in [4.69, 9.17) is 9.72 Å². The topological polar surface area (TPSA) is 61.2 Å². The molecule has 5 aromatic rings. The lowest BCUT2D eigenvalue weighted by atomic mass is 10.2. The third-order valence-corrected chi connectivity index (χ3v) is 7.55. The summed E-state index contributed by atoms with van der Waals surface area (Å²) in [5.74, 6) is 0.333. The maximum atomic E-state index is 14.7. The van der Waals surface area contributed by atoms with Crippen LogP contribution in [0.3, 0.4) is 0 Å². The predicted octanol–water partition coefficient (Wildman–Crippen LogP) is 5.78. The molecule has 170 valence electrons. The summed E-state index contributed by atoms with van der Waals surface area (Å²) in [6, 6.07) is 21.2. The first-order valence-corrected chi connectivity index (χ1v) is 12.3. The molecule has 0 amide bonds. The zero-order valence-electron chi connectivity index (χ0n) is 18.2. The van der Waals surface area contributed by atoms with E-state index in [9.17, 15) is 14.0 Å². The first-order chi connectivity index (χ1) is 16.5. The average molecular weight is 491 g/mol. The number of hydrogen-bond acceptors (Lipinski definition) is 6. The van der Waals surface area contributed by atoms with Gasteiger partial charge in [-0.3, -0.25) is 14.2 Å². The highest BCUT2D eigenvalue weighted by Gasteiger charge is 2.19. The van der Waals surface area contributed by atoms with Crippen LogP contribution in [0.25, 0.3) is 20.3 Å². The van der Waals surface area contributed by atoms with Crippen LogP contribution in [0.15, 0.2) is 82.7 Å². The summed E-state index contributed by atoms with van der Waals surface area (Å²) in [6.07, 6.45) is 0. The third-order valence-electron chi connectivity index (χ3n) is 5.44. The average Bonchev–Trinajstić information content (AvgIpc) is 3.25. The van der Waals surface area contributed by atoms with Gasteiger partial charge in [-0.1, -0.05) is 60.3 Å². The first kappa shape index (κ1) is 22.3. The minimum atomic E-state index is -0.417. The number of nitrogens with zero attached hydrogens (tertiary/aromatic N) is 2. The Morgan fingerprint density at radius 2 is 1.82 bits per heavy atom. The minimum Gasteiger partial charge on any atom is -0.497 e. The number of rotatable bonds is 7. The first-order valence-electron chi connectivity index (χ1n) is 10.5. The van der Waals surface area contributed by atoms with Crippen LogP contribution < -0.4 is 10.3 Å². The standard InChI is InChI=1S/C26H19FN2O3S2/c1-32-18-12-10-16(11-13-18)14-29-25(31)24-23(22-19(27)8-5-9-21(22)34-24)28-26(29)33-15-20(30)17-6-3-2-4-7-17/h2-13H,14-15H2,1H3. The number of carbonyl (C=O) groups is 1. The van der Waals surface area contributed by atoms with E-state index in [0.29, 0.717) is 36.8 Å². The molecular formula is C26H19FN2O3S2. The van der Waals surface area contributed by atoms with Gasteiger partial charge in [0.2, 0.25) is 0 Å². The molecule has 2 aromatic heterocycles. The van der Waals surface area contributed by atoms with Gasteiger partial charge in [-0.15, -0.1) is 11.3 Å². The van der Waals surface area contributed by atoms with Gasteiger partial charge in [0.1, 0.15) is 21.8 Å². The van der Waals surface area contributed by atoms with E-state index in [0.717, 1.165) is 5.56 Å². The largest absolute Gasteiger partial charge is 0.497 e. The second-order valence-electron chi connectivity index (χ2n) is 7.60. The molecule has 0 aliphatic heterocycles. The molecule has 2 heterocycles. The number of fused-ring (bicyclic) bond motifs is 3. The summed E-state index contributed by atoms with van der Waals surface area (Å²) in [5, 5.41) is 0.716. The molecule has 3 aromatic carbocycles. The Hall–Kier alpha value is -3.49. The molecule has 5 nitrogen and oxygen atoms in total. The number of halogens is 1. The van der Waals surface area contributed by atoms with Gasteiger partial charge in [-0.25, -0.2) is 9.37 Å². The number of aromatic nitrogens is 2. The van der Waals surface area contributed by atoms with Crippen LogP contribution in [0.1, 0.15) is 15.9 Å². The highest BCUT2D eigenvalue weighted by molar-refractivity contribution is 7.99. The Morgan fingerprint density at radius 3 is 2.56 bits per heavy atom. The van der Waals surface area contributed by atoms with Crippen molar-refractivity contribution in [2.24, 2.45) is 0 Å². The summed E-state index contributed by atoms with van der Waals surface area (Å²) < 4.78 is 22.5. The zero-order valence-corrected chi connectivity index (χ0v) is 19.8. The fourth-order valence-corrected chi connectivity index (χ4v) is 5.70. The lowest BCUT2D eigenvalue weighted by Crippen LogP contribution is -2.23. The van der Waals surface area contributed by atoms with Crippen molar-refractivity contribution in [1.29, 1.82) is 0 Å². The molecule has 0 radical (unpaired) electrons. The van der Waals surface area contributed by atoms with E-state index >= 15 is 0 Å². The normalized spacial score (nSPS) is 11.2. The van der Waals surface area contributed by atoms with Crippen molar-refractivity contribution in [3.63, 3.8) is 0 Å². The lowest BCUT2D eigenvalue weighted by molar-refractivity contribution is 0.102. The van der Waals surface area contributed by atoms with Crippen molar-refractivity contribution in [2.45, 2.75) is 11.7 Å². The predicted molar refractivity (Wildman–Crippen MR) is 135 cm³/mol. The molecule has 0 saturated carbocycles. The van der Waals surface area contributed by atoms with Gasteiger partial charge >= 0.3 is 0 Å². The van der Waals surface area contributed by atoms with E-state index in [1.807, 2.05) is 42.5 Å². The van der Waals surface area contributed by atoms with Crippen molar-refractivity contribution < 1.29 is 13.9 Å². The number of thioether (sulfide) groups is 1. The van der Waals surface area contributed by atoms with Gasteiger partial charge in [0, 0.05) is 10.3 Å². The van der Waals surface area contributed by atoms with Crippen LogP contribution in [-0.4, -0.2) is 28.2 Å². The van der Waals surface area contributed by atoms with Gasteiger partial charge in [0.05, 0.1) is 24.8 Å². The number of methoxy groups -OCH3 is 1. The molecule has 0 atom stereocenters. The van der Waals surface area contributed by atoms with Crippen molar-refractivity contribution in [3.8, 4) is 5.75 Å². The molecule has 0 bridgehead atoms. The maximum absolute atomic E-state index is 14.7. The van der Waals surface area contributed by atoms with Gasteiger partial charge in [0.25, 0.3) is 5.56 Å². The summed E-state index contributed by atoms with van der Waals surface area (Å²) in [4.78, 5) is 31.0. The fourth-order valence-electron chi connectivity index (χ4n) is 3.71. The molecule has 0 unspecified atom stereocenters. The Balaban J connectivity index is 1.60. The second-order valence-corrected chi connectivity index (χ2v) is 9.60. The summed E-state index contributed by atoms with van der Waals surface area (Å²) in [6.45, 7) is 0.268. The van der Waals surface area contributed by atoms with E-state index in [1.54, 1.807) is 35.9 Å². The van der Waals surface area contributed by atoms with Crippen molar-refractivity contribution in [1.82, 2.24) is 9.55 Å². The number of carbonyl (C=O) groups excluding carboxylic acids is 1. The molecular weight excluding hydrogens is 471 g/mol. The van der Waals surface area contributed by atoms with Crippen LogP contribution in [0.4, 0.5) is 4.39 Å². The number of benzene rings is 3. The van der Waals surface area contributed by atoms with Crippen LogP contribution in [0.5, 0.6) is 5.75 Å². The molecule has 5 rings (SSSR count). The van der Waals surface area contributed by atoms with Crippen molar-refractivity contribution in [3.05, 3.63) is 100 Å². The van der Waals surface area contributed by atoms with Gasteiger partial charge in [-0.05, 0) is 29.8 Å². The van der Waals surface area contributed by atoms with E-state index < -0.39 is 5.82 Å². The number of hydrogen-bond donors (Lipinski definition) is 0. The monoisotopic (exact) mass is 490 g/mol. The molecule has 0 aliphatic rings. The van der Waals surface area contributed by atoms with E-state index in [-0.39, 0.29) is 23.6 Å². The summed E-state index contributed by atoms with van der Waals surface area (Å²) in [5.41, 5.74) is 1.56. The Bertz CT molecular complexity index is 1560. The molecule has 34 heavy (non-hydrogen) atoms. The number of thiophene rings is 1. The number of Topliss-reactive ketones (excluding diaryl/α,β-unsaturated/α-hetero) is 1. The molecule has 0 N–H and O–H groups in total. The fraction of sp³-hybridized carbons (Fsp3) is 0.115. The van der Waals surface area contributed by atoms with Crippen LogP contribution in [0, 0.1) is 5.82 Å². The van der Waals surface area contributed by atoms with Gasteiger partial charge in [-0.2, -0.15) is 0 Å². The Morgan fingerprint density at radius 1 is 1.06 bits per heavy atom. The van der Waals surface area contributed by atoms with E-state index in [1.165, 1.54) is 29.2 Å². The summed E-state index contributed by atoms with van der Waals surface area (Å²) in [7, 11) is 1.59. The van der Waals surface area contributed by atoms with E-state index in [2.05, 4.69) is 0 Å². The summed E-state index contributed by atoms with van der Waals surface area (Å²) >= 11 is 2.41. The smallest absolute Gasteiger partial charge is 0.272 e. The Kier molecular flexibility index (Phi) is 6.17. The van der Waals surface area contributed by atoms with Crippen molar-refractivity contribution >= 4 is 49.2 Å². The molecule has 0 fully saturated rings. The second kappa shape index (κ2) is 9.40. The molecule has 0 saturated heterocycles. The van der Waals surface area contributed by atoms with Gasteiger partial charge in [0.15, 0.2) is 10.9 Å². The van der Waals surface area contributed by atoms with Crippen molar-refractivity contribution in [2.75, 3.05) is 12.9 Å². The zero-order chi connectivity index (χ0) is 23.7. The number of ether oxygens (including phenoxy) is 1. The molecule has 0 aliphatic carbocycles. The van der Waals surface area contributed by atoms with Gasteiger partial charge < -0.3 is 4.74 Å². The number of ketones is 1.